The lowest BCUT2D eigenvalue weighted by atomic mass is 10.1. The zero-order valence-corrected chi connectivity index (χ0v) is 10.1. The van der Waals surface area contributed by atoms with Crippen LogP contribution in [0.2, 0.25) is 0 Å². The van der Waals surface area contributed by atoms with Crippen LogP contribution in [-0.4, -0.2) is 13.1 Å². The van der Waals surface area contributed by atoms with Gasteiger partial charge in [-0.15, -0.1) is 0 Å². The highest BCUT2D eigenvalue weighted by Gasteiger charge is 2.31. The molecule has 1 saturated carbocycles. The number of anilines is 1. The molecule has 0 bridgehead atoms. The van der Waals surface area contributed by atoms with Gasteiger partial charge in [-0.1, -0.05) is 25.1 Å². The van der Waals surface area contributed by atoms with Gasteiger partial charge in [-0.3, -0.25) is 0 Å². The molecule has 88 valence electrons. The Labute approximate surface area is 98.2 Å². The molecule has 3 N–H and O–H groups in total. The standard InChI is InChI=1S/C14H22N2/c1-11-9-13(11)10-16-8-4-6-12-5-2-3-7-14(12)15/h2-3,5,7,11,13,16H,4,6,8-10,15H2,1H3. The number of nitrogens with two attached hydrogens (primary N) is 1. The second-order valence-electron chi connectivity index (χ2n) is 4.98. The molecule has 0 spiro atoms. The van der Waals surface area contributed by atoms with Crippen molar-refractivity contribution >= 4 is 5.69 Å². The van der Waals surface area contributed by atoms with Gasteiger partial charge in [-0.05, 0) is 55.8 Å². The number of nitrogen functional groups attached to an aromatic ring is 1. The first-order chi connectivity index (χ1) is 7.77. The van der Waals surface area contributed by atoms with Crippen molar-refractivity contribution in [2.45, 2.75) is 26.2 Å². The van der Waals surface area contributed by atoms with Crippen LogP contribution in [0.4, 0.5) is 5.69 Å². The Morgan fingerprint density at radius 1 is 1.38 bits per heavy atom. The summed E-state index contributed by atoms with van der Waals surface area (Å²) in [6, 6.07) is 8.16. The number of para-hydroxylation sites is 1. The van der Waals surface area contributed by atoms with Crippen LogP contribution in [0.5, 0.6) is 0 Å². The Bertz CT molecular complexity index is 335. The molecule has 1 aromatic carbocycles. The maximum Gasteiger partial charge on any atom is 0.0346 e. The first-order valence-corrected chi connectivity index (χ1v) is 6.31. The largest absolute Gasteiger partial charge is 0.399 e. The number of hydrogen-bond donors (Lipinski definition) is 2. The highest BCUT2D eigenvalue weighted by molar-refractivity contribution is 5.46. The minimum Gasteiger partial charge on any atom is -0.399 e. The van der Waals surface area contributed by atoms with Gasteiger partial charge in [0.2, 0.25) is 0 Å². The zero-order valence-electron chi connectivity index (χ0n) is 10.1. The lowest BCUT2D eigenvalue weighted by Gasteiger charge is -2.06. The minimum atomic E-state index is 0.929. The smallest absolute Gasteiger partial charge is 0.0346 e. The fourth-order valence-electron chi connectivity index (χ4n) is 2.14. The summed E-state index contributed by atoms with van der Waals surface area (Å²) in [7, 11) is 0. The van der Waals surface area contributed by atoms with E-state index in [2.05, 4.69) is 24.4 Å². The van der Waals surface area contributed by atoms with Crippen LogP contribution >= 0.6 is 0 Å². The normalized spacial score (nSPS) is 23.3. The van der Waals surface area contributed by atoms with E-state index >= 15 is 0 Å². The number of rotatable bonds is 6. The van der Waals surface area contributed by atoms with Crippen molar-refractivity contribution in [1.29, 1.82) is 0 Å². The van der Waals surface area contributed by atoms with Gasteiger partial charge in [-0.25, -0.2) is 0 Å². The van der Waals surface area contributed by atoms with Crippen LogP contribution in [0.25, 0.3) is 0 Å². The summed E-state index contributed by atoms with van der Waals surface area (Å²) in [4.78, 5) is 0. The molecule has 0 saturated heterocycles. The van der Waals surface area contributed by atoms with Crippen LogP contribution in [0.1, 0.15) is 25.3 Å². The molecule has 0 aromatic heterocycles. The monoisotopic (exact) mass is 218 g/mol. The van der Waals surface area contributed by atoms with Crippen molar-refractivity contribution in [2.75, 3.05) is 18.8 Å². The molecule has 2 nitrogen and oxygen atoms in total. The van der Waals surface area contributed by atoms with Crippen LogP contribution < -0.4 is 11.1 Å². The van der Waals surface area contributed by atoms with E-state index in [-0.39, 0.29) is 0 Å². The fraction of sp³-hybridized carbons (Fsp3) is 0.571. The summed E-state index contributed by atoms with van der Waals surface area (Å²) in [5, 5.41) is 3.53. The predicted octanol–water partition coefficient (Wildman–Crippen LogP) is 2.45. The zero-order chi connectivity index (χ0) is 11.4. The molecule has 0 radical (unpaired) electrons. The molecule has 0 heterocycles. The summed E-state index contributed by atoms with van der Waals surface area (Å²) in [5.74, 6) is 1.90. The number of aryl methyl sites for hydroxylation is 1. The Hall–Kier alpha value is -1.02. The summed E-state index contributed by atoms with van der Waals surface area (Å²) in [5.41, 5.74) is 8.10. The third kappa shape index (κ3) is 3.24. The molecule has 1 aliphatic rings. The quantitative estimate of drug-likeness (QED) is 0.568. The highest BCUT2D eigenvalue weighted by atomic mass is 14.9. The summed E-state index contributed by atoms with van der Waals surface area (Å²) in [6.45, 7) is 4.64. The van der Waals surface area contributed by atoms with E-state index < -0.39 is 0 Å². The molecule has 1 fully saturated rings. The summed E-state index contributed by atoms with van der Waals surface area (Å²) < 4.78 is 0. The molecular formula is C14H22N2. The Morgan fingerprint density at radius 2 is 2.12 bits per heavy atom. The van der Waals surface area contributed by atoms with Crippen molar-refractivity contribution in [3.63, 3.8) is 0 Å². The third-order valence-corrected chi connectivity index (χ3v) is 3.54. The van der Waals surface area contributed by atoms with Crippen molar-refractivity contribution in [3.8, 4) is 0 Å². The van der Waals surface area contributed by atoms with E-state index in [0.29, 0.717) is 0 Å². The van der Waals surface area contributed by atoms with E-state index in [1.807, 2.05) is 12.1 Å². The predicted molar refractivity (Wildman–Crippen MR) is 69.3 cm³/mol. The third-order valence-electron chi connectivity index (χ3n) is 3.54. The lowest BCUT2D eigenvalue weighted by molar-refractivity contribution is 0.593. The van der Waals surface area contributed by atoms with Crippen molar-refractivity contribution in [1.82, 2.24) is 5.32 Å². The number of benzene rings is 1. The average Bonchev–Trinajstić information content (AvgIpc) is 2.97. The fourth-order valence-corrected chi connectivity index (χ4v) is 2.14. The van der Waals surface area contributed by atoms with Crippen molar-refractivity contribution in [2.24, 2.45) is 11.8 Å². The van der Waals surface area contributed by atoms with Gasteiger partial charge in [0.15, 0.2) is 0 Å². The SMILES string of the molecule is CC1CC1CNCCCc1ccccc1N. The topological polar surface area (TPSA) is 38.0 Å². The van der Waals surface area contributed by atoms with E-state index in [1.165, 1.54) is 24.9 Å². The maximum atomic E-state index is 5.89. The van der Waals surface area contributed by atoms with Crippen LogP contribution in [-0.2, 0) is 6.42 Å². The van der Waals surface area contributed by atoms with Crippen molar-refractivity contribution < 1.29 is 0 Å². The number of nitrogens with one attached hydrogen (secondary N) is 1. The van der Waals surface area contributed by atoms with Gasteiger partial charge in [0.05, 0.1) is 0 Å². The van der Waals surface area contributed by atoms with Gasteiger partial charge >= 0.3 is 0 Å². The number of hydrogen-bond acceptors (Lipinski definition) is 2. The van der Waals surface area contributed by atoms with Crippen LogP contribution in [0.3, 0.4) is 0 Å². The van der Waals surface area contributed by atoms with Gasteiger partial charge in [0.25, 0.3) is 0 Å². The van der Waals surface area contributed by atoms with E-state index in [9.17, 15) is 0 Å². The van der Waals surface area contributed by atoms with E-state index in [1.54, 1.807) is 0 Å². The van der Waals surface area contributed by atoms with Gasteiger partial charge in [0.1, 0.15) is 0 Å². The molecule has 1 aliphatic carbocycles. The maximum absolute atomic E-state index is 5.89. The first-order valence-electron chi connectivity index (χ1n) is 6.31. The van der Waals surface area contributed by atoms with Gasteiger partial charge in [0, 0.05) is 5.69 Å². The summed E-state index contributed by atoms with van der Waals surface area (Å²) >= 11 is 0. The Balaban J connectivity index is 1.59. The molecule has 1 aromatic rings. The summed E-state index contributed by atoms with van der Waals surface area (Å²) in [6.07, 6.45) is 3.67. The minimum absolute atomic E-state index is 0.929. The molecular weight excluding hydrogens is 196 g/mol. The highest BCUT2D eigenvalue weighted by Crippen LogP contribution is 2.36. The molecule has 2 heteroatoms. The molecule has 2 unspecified atom stereocenters. The molecule has 16 heavy (non-hydrogen) atoms. The molecule has 0 aliphatic heterocycles. The Kier molecular flexibility index (Phi) is 3.83. The Morgan fingerprint density at radius 3 is 2.81 bits per heavy atom. The van der Waals surface area contributed by atoms with Crippen LogP contribution in [0, 0.1) is 11.8 Å². The molecule has 2 atom stereocenters. The second-order valence-corrected chi connectivity index (χ2v) is 4.98. The molecule has 2 rings (SSSR count). The van der Waals surface area contributed by atoms with Crippen molar-refractivity contribution in [3.05, 3.63) is 29.8 Å². The first kappa shape index (κ1) is 11.5. The van der Waals surface area contributed by atoms with Gasteiger partial charge in [-0.2, -0.15) is 0 Å². The van der Waals surface area contributed by atoms with E-state index in [0.717, 1.165) is 30.5 Å². The van der Waals surface area contributed by atoms with Crippen LogP contribution in [0.15, 0.2) is 24.3 Å². The van der Waals surface area contributed by atoms with E-state index in [4.69, 9.17) is 5.73 Å². The average molecular weight is 218 g/mol. The van der Waals surface area contributed by atoms with Gasteiger partial charge < -0.3 is 11.1 Å². The second kappa shape index (κ2) is 5.35. The molecule has 0 amide bonds. The lowest BCUT2D eigenvalue weighted by Crippen LogP contribution is -2.19.